The molecule has 1 aliphatic heterocycles. The van der Waals surface area contributed by atoms with E-state index in [9.17, 15) is 10.1 Å². The molecule has 150 valence electrons. The SMILES string of the molecule is N#C/C(=C/N1CCN(CCO)CC1)C(=O)NC(c1ccccc1)c1ccccc1. The van der Waals surface area contributed by atoms with E-state index in [1.807, 2.05) is 71.6 Å². The summed E-state index contributed by atoms with van der Waals surface area (Å²) in [6.07, 6.45) is 1.65. The highest BCUT2D eigenvalue weighted by atomic mass is 16.3. The number of carbonyl (C=O) groups excluding carboxylic acids is 1. The molecular weight excluding hydrogens is 364 g/mol. The van der Waals surface area contributed by atoms with Crippen molar-refractivity contribution in [1.29, 1.82) is 5.26 Å². The second-order valence-electron chi connectivity index (χ2n) is 6.98. The van der Waals surface area contributed by atoms with Crippen LogP contribution in [0.15, 0.2) is 72.4 Å². The van der Waals surface area contributed by atoms with Crippen LogP contribution >= 0.6 is 0 Å². The zero-order valence-corrected chi connectivity index (χ0v) is 16.4. The van der Waals surface area contributed by atoms with Gasteiger partial charge in [0.2, 0.25) is 0 Å². The summed E-state index contributed by atoms with van der Waals surface area (Å²) in [5.74, 6) is -0.386. The zero-order valence-electron chi connectivity index (χ0n) is 16.4. The molecule has 29 heavy (non-hydrogen) atoms. The number of aliphatic hydroxyl groups excluding tert-OH is 1. The Morgan fingerprint density at radius 3 is 2.07 bits per heavy atom. The molecule has 0 atom stereocenters. The van der Waals surface area contributed by atoms with E-state index in [4.69, 9.17) is 5.11 Å². The van der Waals surface area contributed by atoms with Crippen molar-refractivity contribution in [3.8, 4) is 6.07 Å². The van der Waals surface area contributed by atoms with Gasteiger partial charge in [-0.05, 0) is 11.1 Å². The Kier molecular flexibility index (Phi) is 7.40. The molecule has 0 radical (unpaired) electrons. The number of amides is 1. The predicted octanol–water partition coefficient (Wildman–Crippen LogP) is 1.91. The average molecular weight is 390 g/mol. The molecule has 2 aromatic carbocycles. The summed E-state index contributed by atoms with van der Waals surface area (Å²) in [5, 5.41) is 21.6. The van der Waals surface area contributed by atoms with Crippen molar-refractivity contribution in [3.63, 3.8) is 0 Å². The number of β-amino-alcohol motifs (C(OH)–C–C–N with tert-alkyl or cyclic N) is 1. The lowest BCUT2D eigenvalue weighted by Crippen LogP contribution is -2.45. The Labute approximate surface area is 171 Å². The summed E-state index contributed by atoms with van der Waals surface area (Å²) in [7, 11) is 0. The molecule has 6 nitrogen and oxygen atoms in total. The van der Waals surface area contributed by atoms with Crippen LogP contribution in [0.4, 0.5) is 0 Å². The first kappa shape index (κ1) is 20.6. The highest BCUT2D eigenvalue weighted by Gasteiger charge is 2.21. The van der Waals surface area contributed by atoms with Crippen LogP contribution in [0, 0.1) is 11.3 Å². The van der Waals surface area contributed by atoms with Crippen LogP contribution in [0.2, 0.25) is 0 Å². The fourth-order valence-electron chi connectivity index (χ4n) is 3.44. The van der Waals surface area contributed by atoms with Gasteiger partial charge in [0.25, 0.3) is 5.91 Å². The Balaban J connectivity index is 1.74. The van der Waals surface area contributed by atoms with Crippen LogP contribution in [0.1, 0.15) is 17.2 Å². The fourth-order valence-corrected chi connectivity index (χ4v) is 3.44. The standard InChI is InChI=1S/C23H26N4O2/c24-17-21(18-27-13-11-26(12-14-27)15-16-28)23(29)25-22(19-7-3-1-4-8-19)20-9-5-2-6-10-20/h1-10,18,22,28H,11-16H2,(H,25,29)/b21-18-. The summed E-state index contributed by atoms with van der Waals surface area (Å²) in [6.45, 7) is 3.83. The number of aliphatic hydroxyl groups is 1. The van der Waals surface area contributed by atoms with E-state index in [-0.39, 0.29) is 24.1 Å². The van der Waals surface area contributed by atoms with Gasteiger partial charge in [0, 0.05) is 38.9 Å². The van der Waals surface area contributed by atoms with Crippen molar-refractivity contribution in [3.05, 3.63) is 83.6 Å². The molecule has 0 aliphatic carbocycles. The maximum Gasteiger partial charge on any atom is 0.264 e. The highest BCUT2D eigenvalue weighted by Crippen LogP contribution is 2.22. The number of rotatable bonds is 7. The van der Waals surface area contributed by atoms with E-state index in [2.05, 4.69) is 10.2 Å². The largest absolute Gasteiger partial charge is 0.395 e. The van der Waals surface area contributed by atoms with Gasteiger partial charge in [-0.15, -0.1) is 0 Å². The van der Waals surface area contributed by atoms with Gasteiger partial charge < -0.3 is 15.3 Å². The van der Waals surface area contributed by atoms with E-state index in [0.29, 0.717) is 6.54 Å². The lowest BCUT2D eigenvalue weighted by molar-refractivity contribution is -0.117. The minimum absolute atomic E-state index is 0.0949. The molecule has 1 saturated heterocycles. The molecule has 3 rings (SSSR count). The molecule has 2 aromatic rings. The van der Waals surface area contributed by atoms with Gasteiger partial charge in [-0.25, -0.2) is 0 Å². The van der Waals surface area contributed by atoms with E-state index < -0.39 is 0 Å². The second kappa shape index (κ2) is 10.4. The molecular formula is C23H26N4O2. The van der Waals surface area contributed by atoms with Crippen molar-refractivity contribution in [2.24, 2.45) is 0 Å². The van der Waals surface area contributed by atoms with Crippen LogP contribution in [0.3, 0.4) is 0 Å². The number of hydrogen-bond donors (Lipinski definition) is 2. The third-order valence-electron chi connectivity index (χ3n) is 5.04. The minimum Gasteiger partial charge on any atom is -0.395 e. The van der Waals surface area contributed by atoms with Gasteiger partial charge in [0.15, 0.2) is 0 Å². The number of nitriles is 1. The molecule has 1 fully saturated rings. The van der Waals surface area contributed by atoms with Crippen LogP contribution < -0.4 is 5.32 Å². The van der Waals surface area contributed by atoms with E-state index in [1.54, 1.807) is 6.20 Å². The molecule has 0 unspecified atom stereocenters. The van der Waals surface area contributed by atoms with Gasteiger partial charge in [0.05, 0.1) is 12.6 Å². The number of piperazine rings is 1. The second-order valence-corrected chi connectivity index (χ2v) is 6.98. The number of carbonyl (C=O) groups is 1. The quantitative estimate of drug-likeness (QED) is 0.558. The van der Waals surface area contributed by atoms with Crippen molar-refractivity contribution in [1.82, 2.24) is 15.1 Å². The third kappa shape index (κ3) is 5.67. The van der Waals surface area contributed by atoms with Gasteiger partial charge in [-0.1, -0.05) is 60.7 Å². The van der Waals surface area contributed by atoms with Gasteiger partial charge in [-0.3, -0.25) is 9.69 Å². The summed E-state index contributed by atoms with van der Waals surface area (Å²) < 4.78 is 0. The summed E-state index contributed by atoms with van der Waals surface area (Å²) in [6, 6.07) is 21.2. The molecule has 0 saturated carbocycles. The maximum atomic E-state index is 12.9. The highest BCUT2D eigenvalue weighted by molar-refractivity contribution is 5.97. The van der Waals surface area contributed by atoms with Crippen LogP contribution in [-0.4, -0.2) is 60.1 Å². The molecule has 1 heterocycles. The van der Waals surface area contributed by atoms with Gasteiger partial charge >= 0.3 is 0 Å². The van der Waals surface area contributed by atoms with E-state index in [0.717, 1.165) is 37.3 Å². The molecule has 0 spiro atoms. The van der Waals surface area contributed by atoms with Crippen LogP contribution in [0.5, 0.6) is 0 Å². The van der Waals surface area contributed by atoms with Crippen LogP contribution in [0.25, 0.3) is 0 Å². The number of benzene rings is 2. The zero-order chi connectivity index (χ0) is 20.5. The molecule has 0 bridgehead atoms. The first-order valence-electron chi connectivity index (χ1n) is 9.81. The van der Waals surface area contributed by atoms with E-state index >= 15 is 0 Å². The Hall–Kier alpha value is -3.14. The van der Waals surface area contributed by atoms with Crippen molar-refractivity contribution >= 4 is 5.91 Å². The number of hydrogen-bond acceptors (Lipinski definition) is 5. The summed E-state index contributed by atoms with van der Waals surface area (Å²) in [4.78, 5) is 17.1. The van der Waals surface area contributed by atoms with Crippen molar-refractivity contribution in [2.45, 2.75) is 6.04 Å². The van der Waals surface area contributed by atoms with Crippen molar-refractivity contribution < 1.29 is 9.90 Å². The molecule has 6 heteroatoms. The number of nitrogens with one attached hydrogen (secondary N) is 1. The topological polar surface area (TPSA) is 79.6 Å². The average Bonchev–Trinajstić information content (AvgIpc) is 2.78. The third-order valence-corrected chi connectivity index (χ3v) is 5.04. The number of nitrogens with zero attached hydrogens (tertiary/aromatic N) is 3. The minimum atomic E-state index is -0.386. The Morgan fingerprint density at radius 1 is 1.03 bits per heavy atom. The summed E-state index contributed by atoms with van der Waals surface area (Å²) in [5.41, 5.74) is 2.02. The Bertz CT molecular complexity index is 814. The molecule has 1 amide bonds. The smallest absolute Gasteiger partial charge is 0.264 e. The maximum absolute atomic E-state index is 12.9. The Morgan fingerprint density at radius 2 is 1.59 bits per heavy atom. The monoisotopic (exact) mass is 390 g/mol. The lowest BCUT2D eigenvalue weighted by Gasteiger charge is -2.33. The lowest BCUT2D eigenvalue weighted by atomic mass is 9.98. The molecule has 0 aromatic heterocycles. The van der Waals surface area contributed by atoms with Gasteiger partial charge in [-0.2, -0.15) is 5.26 Å². The van der Waals surface area contributed by atoms with Crippen LogP contribution in [-0.2, 0) is 4.79 Å². The normalized spacial score (nSPS) is 15.2. The molecule has 1 aliphatic rings. The van der Waals surface area contributed by atoms with E-state index in [1.165, 1.54) is 0 Å². The van der Waals surface area contributed by atoms with Crippen molar-refractivity contribution in [2.75, 3.05) is 39.3 Å². The first-order chi connectivity index (χ1) is 14.2. The molecule has 2 N–H and O–H groups in total. The first-order valence-corrected chi connectivity index (χ1v) is 9.81. The summed E-state index contributed by atoms with van der Waals surface area (Å²) >= 11 is 0. The fraction of sp³-hybridized carbons (Fsp3) is 0.304. The van der Waals surface area contributed by atoms with Gasteiger partial charge in [0.1, 0.15) is 11.6 Å². The predicted molar refractivity (Wildman–Crippen MR) is 112 cm³/mol.